The van der Waals surface area contributed by atoms with E-state index in [9.17, 15) is 14.4 Å². The maximum Gasteiger partial charge on any atom is 0.323 e. The molecule has 0 saturated carbocycles. The van der Waals surface area contributed by atoms with Crippen LogP contribution in [0, 0.1) is 0 Å². The molecule has 7 nitrogen and oxygen atoms in total. The molecule has 19 heavy (non-hydrogen) atoms. The second-order valence-corrected chi connectivity index (χ2v) is 4.65. The lowest BCUT2D eigenvalue weighted by molar-refractivity contribution is -0.137. The zero-order chi connectivity index (χ0) is 14.4. The van der Waals surface area contributed by atoms with E-state index in [1.54, 1.807) is 11.8 Å². The molecule has 1 aliphatic heterocycles. The molecule has 2 N–H and O–H groups in total. The van der Waals surface area contributed by atoms with Gasteiger partial charge in [-0.25, -0.2) is 4.79 Å². The molecule has 3 amide bonds. The number of aliphatic carboxylic acids is 1. The Labute approximate surface area is 112 Å². The highest BCUT2D eigenvalue weighted by atomic mass is 16.4. The molecule has 1 rings (SSSR count). The second-order valence-electron chi connectivity index (χ2n) is 4.65. The van der Waals surface area contributed by atoms with Crippen molar-refractivity contribution in [1.82, 2.24) is 15.1 Å². The van der Waals surface area contributed by atoms with E-state index in [2.05, 4.69) is 5.32 Å². The van der Waals surface area contributed by atoms with Gasteiger partial charge in [0, 0.05) is 32.6 Å². The van der Waals surface area contributed by atoms with Gasteiger partial charge in [-0.1, -0.05) is 0 Å². The van der Waals surface area contributed by atoms with Gasteiger partial charge >= 0.3 is 12.0 Å². The molecule has 0 aliphatic carbocycles. The monoisotopic (exact) mass is 271 g/mol. The predicted octanol–water partition coefficient (Wildman–Crippen LogP) is 0.113. The predicted molar refractivity (Wildman–Crippen MR) is 68.7 cm³/mol. The van der Waals surface area contributed by atoms with Crippen molar-refractivity contribution in [2.24, 2.45) is 0 Å². The van der Waals surface area contributed by atoms with Gasteiger partial charge < -0.3 is 20.2 Å². The summed E-state index contributed by atoms with van der Waals surface area (Å²) in [5.41, 5.74) is 0. The number of piperidine rings is 1. The Morgan fingerprint density at radius 3 is 2.32 bits per heavy atom. The van der Waals surface area contributed by atoms with E-state index in [1.165, 1.54) is 11.8 Å². The van der Waals surface area contributed by atoms with Crippen molar-refractivity contribution in [2.75, 3.05) is 26.2 Å². The summed E-state index contributed by atoms with van der Waals surface area (Å²) in [6.07, 6.45) is 1.41. The number of nitrogens with zero attached hydrogens (tertiary/aromatic N) is 2. The van der Waals surface area contributed by atoms with E-state index in [1.807, 2.05) is 0 Å². The summed E-state index contributed by atoms with van der Waals surface area (Å²) < 4.78 is 0. The molecule has 0 radical (unpaired) electrons. The molecule has 0 bridgehead atoms. The molecule has 0 aromatic carbocycles. The Morgan fingerprint density at radius 2 is 1.89 bits per heavy atom. The lowest BCUT2D eigenvalue weighted by Crippen LogP contribution is -2.51. The number of likely N-dealkylation sites (tertiary alicyclic amines) is 1. The van der Waals surface area contributed by atoms with Gasteiger partial charge in [-0.3, -0.25) is 9.59 Å². The molecule has 0 aromatic heterocycles. The summed E-state index contributed by atoms with van der Waals surface area (Å²) >= 11 is 0. The minimum absolute atomic E-state index is 0.0640. The van der Waals surface area contributed by atoms with Crippen LogP contribution in [0.25, 0.3) is 0 Å². The Morgan fingerprint density at radius 1 is 1.32 bits per heavy atom. The van der Waals surface area contributed by atoms with Crippen LogP contribution < -0.4 is 5.32 Å². The summed E-state index contributed by atoms with van der Waals surface area (Å²) in [6.45, 7) is 4.41. The number of urea groups is 1. The van der Waals surface area contributed by atoms with Gasteiger partial charge in [-0.05, 0) is 19.8 Å². The van der Waals surface area contributed by atoms with Crippen molar-refractivity contribution in [3.05, 3.63) is 0 Å². The first-order valence-electron chi connectivity index (χ1n) is 6.46. The number of rotatable bonds is 4. The van der Waals surface area contributed by atoms with Gasteiger partial charge in [0.05, 0.1) is 0 Å². The molecule has 0 atom stereocenters. The molecule has 1 aliphatic rings. The van der Waals surface area contributed by atoms with Crippen molar-refractivity contribution in [3.63, 3.8) is 0 Å². The van der Waals surface area contributed by atoms with E-state index in [-0.39, 0.29) is 24.5 Å². The van der Waals surface area contributed by atoms with Gasteiger partial charge in [0.15, 0.2) is 0 Å². The van der Waals surface area contributed by atoms with E-state index in [4.69, 9.17) is 5.11 Å². The van der Waals surface area contributed by atoms with Gasteiger partial charge in [-0.15, -0.1) is 0 Å². The maximum absolute atomic E-state index is 12.1. The van der Waals surface area contributed by atoms with Crippen LogP contribution in [0.3, 0.4) is 0 Å². The topological polar surface area (TPSA) is 90.0 Å². The van der Waals surface area contributed by atoms with Crippen molar-refractivity contribution >= 4 is 17.9 Å². The molecule has 108 valence electrons. The molecular weight excluding hydrogens is 250 g/mol. The number of likely N-dealkylation sites (N-methyl/N-ethyl adjacent to an activating group) is 1. The SMILES string of the molecule is CCN(CC(=O)O)C(=O)N1CCC(NC(C)=O)CC1. The summed E-state index contributed by atoms with van der Waals surface area (Å²) in [4.78, 5) is 36.7. The number of carbonyl (C=O) groups excluding carboxylic acids is 2. The molecule has 1 fully saturated rings. The van der Waals surface area contributed by atoms with E-state index in [0.29, 0.717) is 32.5 Å². The third-order valence-corrected chi connectivity index (χ3v) is 3.15. The Hall–Kier alpha value is -1.79. The number of carboxylic acid groups (broad SMARTS) is 1. The van der Waals surface area contributed by atoms with Crippen LogP contribution >= 0.6 is 0 Å². The second kappa shape index (κ2) is 6.96. The summed E-state index contributed by atoms with van der Waals surface area (Å²) in [7, 11) is 0. The van der Waals surface area contributed by atoms with Crippen molar-refractivity contribution in [3.8, 4) is 0 Å². The molecule has 1 saturated heterocycles. The highest BCUT2D eigenvalue weighted by Crippen LogP contribution is 2.12. The third kappa shape index (κ3) is 4.76. The number of nitrogens with one attached hydrogen (secondary N) is 1. The quantitative estimate of drug-likeness (QED) is 0.759. The minimum atomic E-state index is -1.01. The molecular formula is C12H21N3O4. The van der Waals surface area contributed by atoms with E-state index < -0.39 is 5.97 Å². The van der Waals surface area contributed by atoms with Crippen LogP contribution in [0.1, 0.15) is 26.7 Å². The normalized spacial score (nSPS) is 16.0. The van der Waals surface area contributed by atoms with Crippen molar-refractivity contribution < 1.29 is 19.5 Å². The van der Waals surface area contributed by atoms with Gasteiger partial charge in [-0.2, -0.15) is 0 Å². The number of carboxylic acids is 1. The number of hydrogen-bond acceptors (Lipinski definition) is 3. The first kappa shape index (κ1) is 15.3. The van der Waals surface area contributed by atoms with Gasteiger partial charge in [0.1, 0.15) is 6.54 Å². The van der Waals surface area contributed by atoms with E-state index in [0.717, 1.165) is 0 Å². The maximum atomic E-state index is 12.1. The summed E-state index contributed by atoms with van der Waals surface area (Å²) in [5.74, 6) is -1.07. The zero-order valence-corrected chi connectivity index (χ0v) is 11.4. The standard InChI is InChI=1S/C12H21N3O4/c1-3-14(8-11(17)18)12(19)15-6-4-10(5-7-15)13-9(2)16/h10H,3-8H2,1-2H3,(H,13,16)(H,17,18). The molecule has 0 unspecified atom stereocenters. The number of hydrogen-bond donors (Lipinski definition) is 2. The van der Waals surface area contributed by atoms with E-state index >= 15 is 0 Å². The van der Waals surface area contributed by atoms with Crippen LogP contribution in [0.4, 0.5) is 4.79 Å². The Balaban J connectivity index is 2.47. The first-order valence-corrected chi connectivity index (χ1v) is 6.46. The highest BCUT2D eigenvalue weighted by molar-refractivity contribution is 5.80. The first-order chi connectivity index (χ1) is 8.93. The fraction of sp³-hybridized carbons (Fsp3) is 0.750. The Kier molecular flexibility index (Phi) is 5.59. The average molecular weight is 271 g/mol. The van der Waals surface area contributed by atoms with Crippen LogP contribution in [-0.2, 0) is 9.59 Å². The lowest BCUT2D eigenvalue weighted by atomic mass is 10.1. The fourth-order valence-electron chi connectivity index (χ4n) is 2.18. The zero-order valence-electron chi connectivity index (χ0n) is 11.4. The number of carbonyl (C=O) groups is 3. The lowest BCUT2D eigenvalue weighted by Gasteiger charge is -2.35. The summed E-state index contributed by atoms with van der Waals surface area (Å²) in [6, 6.07) is -0.137. The smallest absolute Gasteiger partial charge is 0.323 e. The van der Waals surface area contributed by atoms with Crippen LogP contribution in [0.5, 0.6) is 0 Å². The van der Waals surface area contributed by atoms with Gasteiger partial charge in [0.2, 0.25) is 5.91 Å². The molecule has 0 aromatic rings. The third-order valence-electron chi connectivity index (χ3n) is 3.15. The Bertz CT molecular complexity index is 351. The highest BCUT2D eigenvalue weighted by Gasteiger charge is 2.26. The minimum Gasteiger partial charge on any atom is -0.480 e. The van der Waals surface area contributed by atoms with Gasteiger partial charge in [0.25, 0.3) is 0 Å². The number of amides is 3. The summed E-state index contributed by atoms with van der Waals surface area (Å²) in [5, 5.41) is 11.6. The molecule has 1 heterocycles. The fourth-order valence-corrected chi connectivity index (χ4v) is 2.18. The van der Waals surface area contributed by atoms with Crippen LogP contribution in [-0.4, -0.2) is 65.0 Å². The van der Waals surface area contributed by atoms with Crippen LogP contribution in [0.2, 0.25) is 0 Å². The largest absolute Gasteiger partial charge is 0.480 e. The van der Waals surface area contributed by atoms with Crippen molar-refractivity contribution in [1.29, 1.82) is 0 Å². The van der Waals surface area contributed by atoms with Crippen molar-refractivity contribution in [2.45, 2.75) is 32.7 Å². The molecule has 0 spiro atoms. The van der Waals surface area contributed by atoms with Crippen LogP contribution in [0.15, 0.2) is 0 Å². The average Bonchev–Trinajstić information content (AvgIpc) is 2.35. The molecule has 7 heteroatoms.